The summed E-state index contributed by atoms with van der Waals surface area (Å²) in [6.07, 6.45) is 0. The van der Waals surface area contributed by atoms with Crippen LogP contribution in [0.15, 0.2) is 53.5 Å². The zero-order valence-corrected chi connectivity index (χ0v) is 11.1. The maximum absolute atomic E-state index is 6.22. The Labute approximate surface area is 117 Å². The van der Waals surface area contributed by atoms with Crippen LogP contribution in [-0.2, 0) is 6.54 Å². The van der Waals surface area contributed by atoms with Crippen molar-refractivity contribution < 1.29 is 0 Å². The number of nitrogens with two attached hydrogens (primary N) is 1. The first kappa shape index (κ1) is 12.1. The van der Waals surface area contributed by atoms with E-state index in [0.29, 0.717) is 17.5 Å². The SMILES string of the molecule is NC1=NCN(Cc2ccccc2)c2cccc(Cl)c21. The first-order valence-corrected chi connectivity index (χ1v) is 6.51. The van der Waals surface area contributed by atoms with Crippen LogP contribution in [0.1, 0.15) is 11.1 Å². The van der Waals surface area contributed by atoms with Gasteiger partial charge in [-0.15, -0.1) is 0 Å². The van der Waals surface area contributed by atoms with Crippen molar-refractivity contribution in [2.75, 3.05) is 11.6 Å². The van der Waals surface area contributed by atoms with E-state index in [-0.39, 0.29) is 0 Å². The van der Waals surface area contributed by atoms with Crippen LogP contribution < -0.4 is 10.6 Å². The van der Waals surface area contributed by atoms with Crippen molar-refractivity contribution in [3.63, 3.8) is 0 Å². The third-order valence-electron chi connectivity index (χ3n) is 3.22. The predicted octanol–water partition coefficient (Wildman–Crippen LogP) is 3.02. The van der Waals surface area contributed by atoms with E-state index in [1.807, 2.05) is 36.4 Å². The third-order valence-corrected chi connectivity index (χ3v) is 3.53. The number of nitrogens with zero attached hydrogens (tertiary/aromatic N) is 2. The van der Waals surface area contributed by atoms with Crippen LogP contribution >= 0.6 is 11.6 Å². The zero-order chi connectivity index (χ0) is 13.2. The number of hydrogen-bond donors (Lipinski definition) is 1. The number of amidine groups is 1. The van der Waals surface area contributed by atoms with Gasteiger partial charge in [-0.2, -0.15) is 0 Å². The summed E-state index contributed by atoms with van der Waals surface area (Å²) < 4.78 is 0. The van der Waals surface area contributed by atoms with E-state index in [1.54, 1.807) is 0 Å². The van der Waals surface area contributed by atoms with Gasteiger partial charge in [-0.3, -0.25) is 0 Å². The van der Waals surface area contributed by atoms with Gasteiger partial charge in [0.25, 0.3) is 0 Å². The molecule has 1 heterocycles. The predicted molar refractivity (Wildman–Crippen MR) is 79.7 cm³/mol. The average Bonchev–Trinajstić information content (AvgIpc) is 2.43. The Kier molecular flexibility index (Phi) is 3.13. The van der Waals surface area contributed by atoms with E-state index in [9.17, 15) is 0 Å². The number of anilines is 1. The quantitative estimate of drug-likeness (QED) is 0.912. The van der Waals surface area contributed by atoms with E-state index in [4.69, 9.17) is 17.3 Å². The highest BCUT2D eigenvalue weighted by molar-refractivity contribution is 6.35. The molecule has 0 bridgehead atoms. The van der Waals surface area contributed by atoms with Crippen LogP contribution in [0.25, 0.3) is 0 Å². The lowest BCUT2D eigenvalue weighted by molar-refractivity contribution is 0.800. The van der Waals surface area contributed by atoms with Gasteiger partial charge < -0.3 is 10.6 Å². The Hall–Kier alpha value is -2.00. The Morgan fingerprint density at radius 1 is 1.11 bits per heavy atom. The van der Waals surface area contributed by atoms with Gasteiger partial charge in [0, 0.05) is 6.54 Å². The molecule has 3 rings (SSSR count). The maximum atomic E-state index is 6.22. The van der Waals surface area contributed by atoms with Crippen molar-refractivity contribution in [3.8, 4) is 0 Å². The van der Waals surface area contributed by atoms with Gasteiger partial charge in [0.15, 0.2) is 0 Å². The van der Waals surface area contributed by atoms with Gasteiger partial charge in [-0.25, -0.2) is 4.99 Å². The highest BCUT2D eigenvalue weighted by Gasteiger charge is 2.20. The fourth-order valence-electron chi connectivity index (χ4n) is 2.29. The molecule has 0 atom stereocenters. The first-order chi connectivity index (χ1) is 9.25. The Bertz CT molecular complexity index is 623. The van der Waals surface area contributed by atoms with E-state index in [0.717, 1.165) is 17.8 Å². The van der Waals surface area contributed by atoms with E-state index >= 15 is 0 Å². The monoisotopic (exact) mass is 271 g/mol. The van der Waals surface area contributed by atoms with Gasteiger partial charge in [-0.1, -0.05) is 48.0 Å². The zero-order valence-electron chi connectivity index (χ0n) is 10.4. The second-order valence-corrected chi connectivity index (χ2v) is 4.91. The van der Waals surface area contributed by atoms with E-state index < -0.39 is 0 Å². The summed E-state index contributed by atoms with van der Waals surface area (Å²) in [5.74, 6) is 0.518. The Morgan fingerprint density at radius 3 is 2.68 bits per heavy atom. The minimum atomic E-state index is 0.518. The van der Waals surface area contributed by atoms with Crippen molar-refractivity contribution in [3.05, 3.63) is 64.7 Å². The fourth-order valence-corrected chi connectivity index (χ4v) is 2.55. The minimum Gasteiger partial charge on any atom is -0.383 e. The molecule has 0 unspecified atom stereocenters. The van der Waals surface area contributed by atoms with Gasteiger partial charge in [0.2, 0.25) is 0 Å². The van der Waals surface area contributed by atoms with E-state index in [2.05, 4.69) is 22.0 Å². The molecule has 0 amide bonds. The number of halogens is 1. The van der Waals surface area contributed by atoms with Crippen LogP contribution in [0.5, 0.6) is 0 Å². The molecule has 3 nitrogen and oxygen atoms in total. The number of rotatable bonds is 2. The summed E-state index contributed by atoms with van der Waals surface area (Å²) in [4.78, 5) is 6.52. The van der Waals surface area contributed by atoms with Crippen molar-refractivity contribution in [1.29, 1.82) is 0 Å². The normalized spacial score (nSPS) is 13.9. The molecule has 19 heavy (non-hydrogen) atoms. The topological polar surface area (TPSA) is 41.6 Å². The highest BCUT2D eigenvalue weighted by Crippen LogP contribution is 2.30. The Morgan fingerprint density at radius 2 is 1.89 bits per heavy atom. The molecule has 1 aliphatic heterocycles. The standard InChI is InChI=1S/C15H14ClN3/c16-12-7-4-8-13-14(12)15(17)18-10-19(13)9-11-5-2-1-3-6-11/h1-8H,9-10H2,(H2,17,18). The molecule has 96 valence electrons. The number of benzene rings is 2. The molecular weight excluding hydrogens is 258 g/mol. The molecule has 0 radical (unpaired) electrons. The molecule has 0 aromatic heterocycles. The molecule has 1 aliphatic rings. The largest absolute Gasteiger partial charge is 0.383 e. The van der Waals surface area contributed by atoms with Crippen molar-refractivity contribution in [2.24, 2.45) is 10.7 Å². The molecule has 2 aromatic rings. The molecule has 0 saturated carbocycles. The molecule has 0 aliphatic carbocycles. The van der Waals surface area contributed by atoms with Gasteiger partial charge in [-0.05, 0) is 17.7 Å². The smallest absolute Gasteiger partial charge is 0.131 e. The van der Waals surface area contributed by atoms with Crippen molar-refractivity contribution in [1.82, 2.24) is 0 Å². The fraction of sp³-hybridized carbons (Fsp3) is 0.133. The molecular formula is C15H14ClN3. The summed E-state index contributed by atoms with van der Waals surface area (Å²) in [7, 11) is 0. The first-order valence-electron chi connectivity index (χ1n) is 6.13. The molecule has 2 N–H and O–H groups in total. The van der Waals surface area contributed by atoms with Crippen LogP contribution in [-0.4, -0.2) is 12.5 Å². The second kappa shape index (κ2) is 4.94. The van der Waals surface area contributed by atoms with Gasteiger partial charge in [0.05, 0.1) is 16.3 Å². The van der Waals surface area contributed by atoms with Gasteiger partial charge in [0.1, 0.15) is 12.5 Å². The molecule has 2 aromatic carbocycles. The molecule has 0 saturated heterocycles. The molecule has 0 fully saturated rings. The van der Waals surface area contributed by atoms with E-state index in [1.165, 1.54) is 5.56 Å². The highest BCUT2D eigenvalue weighted by atomic mass is 35.5. The van der Waals surface area contributed by atoms with Gasteiger partial charge >= 0.3 is 0 Å². The lowest BCUT2D eigenvalue weighted by Crippen LogP contribution is -2.32. The summed E-state index contributed by atoms with van der Waals surface area (Å²) in [6, 6.07) is 16.1. The van der Waals surface area contributed by atoms with Crippen LogP contribution in [0, 0.1) is 0 Å². The summed E-state index contributed by atoms with van der Waals surface area (Å²) in [5.41, 5.74) is 9.07. The molecule has 0 spiro atoms. The number of aliphatic imine (C=N–C) groups is 1. The van der Waals surface area contributed by atoms with Crippen LogP contribution in [0.2, 0.25) is 5.02 Å². The minimum absolute atomic E-state index is 0.518. The van der Waals surface area contributed by atoms with Crippen molar-refractivity contribution in [2.45, 2.75) is 6.54 Å². The van der Waals surface area contributed by atoms with Crippen LogP contribution in [0.3, 0.4) is 0 Å². The lowest BCUT2D eigenvalue weighted by Gasteiger charge is -2.29. The third kappa shape index (κ3) is 2.29. The second-order valence-electron chi connectivity index (χ2n) is 4.50. The number of fused-ring (bicyclic) bond motifs is 1. The maximum Gasteiger partial charge on any atom is 0.131 e. The summed E-state index contributed by atoms with van der Waals surface area (Å²) >= 11 is 6.22. The van der Waals surface area contributed by atoms with Crippen LogP contribution in [0.4, 0.5) is 5.69 Å². The number of hydrogen-bond acceptors (Lipinski definition) is 3. The summed E-state index contributed by atoms with van der Waals surface area (Å²) in [6.45, 7) is 1.36. The molecule has 4 heteroatoms. The summed E-state index contributed by atoms with van der Waals surface area (Å²) in [5, 5.41) is 0.650. The average molecular weight is 272 g/mol. The Balaban J connectivity index is 1.97. The lowest BCUT2D eigenvalue weighted by atomic mass is 10.1. The van der Waals surface area contributed by atoms with Crippen molar-refractivity contribution >= 4 is 23.1 Å².